The molecule has 2 unspecified atom stereocenters. The zero-order valence-electron chi connectivity index (χ0n) is 17.8. The number of urea groups is 1. The molecule has 0 saturated carbocycles. The van der Waals surface area contributed by atoms with Gasteiger partial charge in [-0.05, 0) is 29.8 Å². The third kappa shape index (κ3) is 4.05. The van der Waals surface area contributed by atoms with E-state index in [1.807, 2.05) is 6.07 Å². The molecule has 1 saturated heterocycles. The number of carbonyl (C=O) groups is 4. The summed E-state index contributed by atoms with van der Waals surface area (Å²) in [5, 5.41) is 2.66. The van der Waals surface area contributed by atoms with Gasteiger partial charge in [-0.25, -0.2) is 4.79 Å². The average Bonchev–Trinajstić information content (AvgIpc) is 3.26. The van der Waals surface area contributed by atoms with Gasteiger partial charge in [0.15, 0.2) is 0 Å². The highest BCUT2D eigenvalue weighted by atomic mass is 35.5. The molecule has 3 heterocycles. The first-order valence-electron chi connectivity index (χ1n) is 10.4. The number of nitrogens with two attached hydrogens (primary N) is 1. The lowest BCUT2D eigenvalue weighted by Crippen LogP contribution is -2.41. The molecular weight excluding hydrogens is 512 g/mol. The van der Waals surface area contributed by atoms with Crippen LogP contribution in [-0.2, 0) is 20.9 Å². The van der Waals surface area contributed by atoms with E-state index in [2.05, 4.69) is 5.32 Å². The minimum atomic E-state index is -1.15. The van der Waals surface area contributed by atoms with Crippen LogP contribution in [0, 0.1) is 5.92 Å². The largest absolute Gasteiger partial charge is 0.351 e. The zero-order chi connectivity index (χ0) is 24.9. The summed E-state index contributed by atoms with van der Waals surface area (Å²) < 4.78 is 1.30. The molecule has 3 atom stereocenters. The predicted molar refractivity (Wildman–Crippen MR) is 132 cm³/mol. The Hall–Kier alpha value is -3.41. The molecule has 0 bridgehead atoms. The van der Waals surface area contributed by atoms with Crippen molar-refractivity contribution in [3.63, 3.8) is 0 Å². The van der Waals surface area contributed by atoms with Crippen LogP contribution in [0.5, 0.6) is 0 Å². The first-order chi connectivity index (χ1) is 16.8. The monoisotopic (exact) mass is 528 g/mol. The summed E-state index contributed by atoms with van der Waals surface area (Å²) in [6.45, 7) is -0.279. The average molecular weight is 529 g/mol. The van der Waals surface area contributed by atoms with Crippen molar-refractivity contribution in [1.29, 1.82) is 0 Å². The van der Waals surface area contributed by atoms with Crippen LogP contribution in [0.4, 0.5) is 10.5 Å². The Morgan fingerprint density at radius 3 is 2.34 bits per heavy atom. The number of carbonyl (C=O) groups excluding carboxylic acids is 4. The SMILES string of the molecule is NC(=O)N1C(=O)C2Sc3c(sc(=O)n3CC(=O)Nc3ccccc3)[C@@H](c3ccc(Cl)cc3)C2C1=O. The second-order valence-electron chi connectivity index (χ2n) is 7.98. The Balaban J connectivity index is 1.58. The number of amides is 5. The number of aromatic nitrogens is 1. The molecule has 3 N–H and O–H groups in total. The van der Waals surface area contributed by atoms with Crippen LogP contribution in [0.1, 0.15) is 16.4 Å². The molecule has 2 aromatic carbocycles. The zero-order valence-corrected chi connectivity index (χ0v) is 20.2. The third-order valence-corrected chi connectivity index (χ3v) is 8.71. The number of thiazole rings is 1. The number of rotatable bonds is 4. The van der Waals surface area contributed by atoms with Crippen LogP contribution >= 0.6 is 34.7 Å². The van der Waals surface area contributed by atoms with Crippen LogP contribution in [0.25, 0.3) is 0 Å². The number of hydrogen-bond donors (Lipinski definition) is 2. The van der Waals surface area contributed by atoms with Gasteiger partial charge < -0.3 is 11.1 Å². The molecule has 5 rings (SSSR count). The Kier molecular flexibility index (Phi) is 5.99. The number of fused-ring (bicyclic) bond motifs is 2. The van der Waals surface area contributed by atoms with Crippen molar-refractivity contribution in [1.82, 2.24) is 9.47 Å². The molecule has 9 nitrogen and oxygen atoms in total. The molecule has 1 aromatic heterocycles. The summed E-state index contributed by atoms with van der Waals surface area (Å²) in [6.07, 6.45) is 0. The van der Waals surface area contributed by atoms with E-state index < -0.39 is 45.7 Å². The highest BCUT2D eigenvalue weighted by Crippen LogP contribution is 2.53. The van der Waals surface area contributed by atoms with E-state index >= 15 is 0 Å². The van der Waals surface area contributed by atoms with Crippen LogP contribution in [-0.4, -0.2) is 38.5 Å². The van der Waals surface area contributed by atoms with Crippen LogP contribution in [0.3, 0.4) is 0 Å². The number of nitrogens with zero attached hydrogens (tertiary/aromatic N) is 2. The number of likely N-dealkylation sites (tertiary alicyclic amines) is 1. The molecule has 5 amide bonds. The molecule has 2 aliphatic rings. The van der Waals surface area contributed by atoms with Gasteiger partial charge in [0.25, 0.3) is 5.91 Å². The number of anilines is 1. The molecule has 3 aromatic rings. The van der Waals surface area contributed by atoms with E-state index in [1.165, 1.54) is 4.57 Å². The minimum absolute atomic E-state index is 0.279. The van der Waals surface area contributed by atoms with E-state index in [9.17, 15) is 24.0 Å². The molecule has 12 heteroatoms. The van der Waals surface area contributed by atoms with Gasteiger partial charge in [-0.15, -0.1) is 0 Å². The molecule has 0 radical (unpaired) electrons. The number of hydrogen-bond acceptors (Lipinski definition) is 7. The molecule has 0 aliphatic carbocycles. The summed E-state index contributed by atoms with van der Waals surface area (Å²) in [6, 6.07) is 14.4. The third-order valence-electron chi connectivity index (χ3n) is 5.86. The number of imide groups is 3. The maximum atomic E-state index is 13.1. The number of thioether (sulfide) groups is 1. The van der Waals surface area contributed by atoms with E-state index in [4.69, 9.17) is 17.3 Å². The molecule has 1 fully saturated rings. The van der Waals surface area contributed by atoms with Gasteiger partial charge in [0, 0.05) is 21.5 Å². The van der Waals surface area contributed by atoms with Crippen LogP contribution in [0.15, 0.2) is 64.4 Å². The van der Waals surface area contributed by atoms with Crippen molar-refractivity contribution >= 4 is 64.1 Å². The minimum Gasteiger partial charge on any atom is -0.351 e. The summed E-state index contributed by atoms with van der Waals surface area (Å²) in [5.41, 5.74) is 6.56. The highest BCUT2D eigenvalue weighted by molar-refractivity contribution is 8.00. The van der Waals surface area contributed by atoms with E-state index in [1.54, 1.807) is 48.5 Å². The summed E-state index contributed by atoms with van der Waals surface area (Å²) in [7, 11) is 0. The van der Waals surface area contributed by atoms with E-state index in [-0.39, 0.29) is 6.54 Å². The Morgan fingerprint density at radius 1 is 1.00 bits per heavy atom. The molecule has 178 valence electrons. The highest BCUT2D eigenvalue weighted by Gasteiger charge is 2.57. The normalized spacial score (nSPS) is 20.9. The Morgan fingerprint density at radius 2 is 1.69 bits per heavy atom. The van der Waals surface area contributed by atoms with Gasteiger partial charge in [-0.1, -0.05) is 65.0 Å². The fourth-order valence-electron chi connectivity index (χ4n) is 4.37. The lowest BCUT2D eigenvalue weighted by molar-refractivity contribution is -0.135. The van der Waals surface area contributed by atoms with Gasteiger partial charge in [0.1, 0.15) is 11.8 Å². The van der Waals surface area contributed by atoms with Crippen LogP contribution in [0.2, 0.25) is 5.02 Å². The Bertz CT molecular complexity index is 1420. The predicted octanol–water partition coefficient (Wildman–Crippen LogP) is 2.87. The number of halogens is 1. The number of nitrogens with one attached hydrogen (secondary N) is 1. The first kappa shape index (κ1) is 23.3. The van der Waals surface area contributed by atoms with E-state index in [0.717, 1.165) is 23.1 Å². The van der Waals surface area contributed by atoms with Crippen molar-refractivity contribution in [3.8, 4) is 0 Å². The lowest BCUT2D eigenvalue weighted by Gasteiger charge is -2.30. The van der Waals surface area contributed by atoms with Gasteiger partial charge in [0.2, 0.25) is 11.8 Å². The maximum absolute atomic E-state index is 13.1. The maximum Gasteiger partial charge on any atom is 0.328 e. The summed E-state index contributed by atoms with van der Waals surface area (Å²) >= 11 is 7.96. The number of benzene rings is 2. The second-order valence-corrected chi connectivity index (χ2v) is 10.5. The van der Waals surface area contributed by atoms with Crippen molar-refractivity contribution in [2.75, 3.05) is 5.32 Å². The molecule has 0 spiro atoms. The smallest absolute Gasteiger partial charge is 0.328 e. The van der Waals surface area contributed by atoms with Gasteiger partial charge >= 0.3 is 10.9 Å². The van der Waals surface area contributed by atoms with E-state index in [0.29, 0.717) is 31.1 Å². The standard InChI is InChI=1S/C23H17ClN4O5S2/c24-12-8-6-11(7-9-12)15-16-17(20(31)28(19(16)30)22(25)32)34-21-18(15)35-23(33)27(21)10-14(29)26-13-4-2-1-3-5-13/h1-9,15-17H,10H2,(H2,25,32)(H,26,29)/t15-,16?,17?/m0/s1. The van der Waals surface area contributed by atoms with Gasteiger partial charge in [-0.3, -0.25) is 23.7 Å². The fraction of sp³-hybridized carbons (Fsp3) is 0.174. The number of primary amides is 1. The number of para-hydroxylation sites is 1. The quantitative estimate of drug-likeness (QED) is 0.500. The molecular formula is C23H17ClN4O5S2. The topological polar surface area (TPSA) is 132 Å². The van der Waals surface area contributed by atoms with Gasteiger partial charge in [-0.2, -0.15) is 4.90 Å². The van der Waals surface area contributed by atoms with Crippen molar-refractivity contribution in [2.45, 2.75) is 22.7 Å². The Labute approximate surface area is 211 Å². The second kappa shape index (κ2) is 8.99. The summed E-state index contributed by atoms with van der Waals surface area (Å²) in [5.74, 6) is -3.48. The van der Waals surface area contributed by atoms with Crippen LogP contribution < -0.4 is 15.9 Å². The molecule has 35 heavy (non-hydrogen) atoms. The first-order valence-corrected chi connectivity index (χ1v) is 12.5. The van der Waals surface area contributed by atoms with Gasteiger partial charge in [0.05, 0.1) is 10.9 Å². The fourth-order valence-corrected chi connectivity index (χ4v) is 7.27. The molecule has 2 aliphatic heterocycles. The summed E-state index contributed by atoms with van der Waals surface area (Å²) in [4.78, 5) is 64.4. The lowest BCUT2D eigenvalue weighted by atomic mass is 9.83. The van der Waals surface area contributed by atoms with Crippen molar-refractivity contribution in [3.05, 3.63) is 79.7 Å². The van der Waals surface area contributed by atoms with Crippen molar-refractivity contribution < 1.29 is 19.2 Å². The van der Waals surface area contributed by atoms with Crippen molar-refractivity contribution in [2.24, 2.45) is 11.7 Å².